The van der Waals surface area contributed by atoms with Crippen molar-refractivity contribution >= 4 is 5.91 Å². The Bertz CT molecular complexity index is 447. The molecule has 2 rings (SSSR count). The fraction of sp³-hybridized carbons (Fsp3) is 0.588. The van der Waals surface area contributed by atoms with Gasteiger partial charge in [-0.3, -0.25) is 4.79 Å². The number of hydrogen-bond donors (Lipinski definition) is 2. The molecule has 0 spiro atoms. The molecular weight excluding hydrogens is 248 g/mol. The Labute approximate surface area is 122 Å². The predicted octanol–water partition coefficient (Wildman–Crippen LogP) is 2.95. The van der Waals surface area contributed by atoms with Crippen LogP contribution in [0.3, 0.4) is 0 Å². The Kier molecular flexibility index (Phi) is 4.81. The molecule has 0 bridgehead atoms. The van der Waals surface area contributed by atoms with Crippen LogP contribution >= 0.6 is 0 Å². The third-order valence-electron chi connectivity index (χ3n) is 4.38. The maximum atomic E-state index is 12.7. The van der Waals surface area contributed by atoms with Crippen molar-refractivity contribution in [3.05, 3.63) is 35.4 Å². The molecule has 110 valence electrons. The first-order valence-corrected chi connectivity index (χ1v) is 7.66. The second-order valence-corrected chi connectivity index (χ2v) is 6.06. The summed E-state index contributed by atoms with van der Waals surface area (Å²) in [5.74, 6) is 0.206. The zero-order valence-electron chi connectivity index (χ0n) is 12.8. The van der Waals surface area contributed by atoms with Gasteiger partial charge in [0.25, 0.3) is 0 Å². The fourth-order valence-corrected chi connectivity index (χ4v) is 3.03. The van der Waals surface area contributed by atoms with Gasteiger partial charge in [-0.1, -0.05) is 43.2 Å². The molecule has 1 aromatic rings. The summed E-state index contributed by atoms with van der Waals surface area (Å²) in [5.41, 5.74) is 2.21. The highest BCUT2D eigenvalue weighted by molar-refractivity contribution is 5.83. The number of nitrogens with one attached hydrogen (secondary N) is 2. The van der Waals surface area contributed by atoms with E-state index < -0.39 is 0 Å². The van der Waals surface area contributed by atoms with Gasteiger partial charge in [-0.25, -0.2) is 0 Å². The zero-order chi connectivity index (χ0) is 14.6. The second-order valence-electron chi connectivity index (χ2n) is 6.06. The largest absolute Gasteiger partial charge is 0.349 e. The summed E-state index contributed by atoms with van der Waals surface area (Å²) < 4.78 is 0. The van der Waals surface area contributed by atoms with E-state index in [1.165, 1.54) is 11.1 Å². The summed E-state index contributed by atoms with van der Waals surface area (Å²) >= 11 is 0. The summed E-state index contributed by atoms with van der Waals surface area (Å²) in [6, 6.07) is 8.45. The molecule has 1 aliphatic rings. The molecule has 1 fully saturated rings. The SMILES string of the molecule is CCCC1(C(=O)N[C@H](C)c2ccc(C)cc2)CCNC1. The van der Waals surface area contributed by atoms with Gasteiger partial charge in [0.2, 0.25) is 5.91 Å². The zero-order valence-corrected chi connectivity index (χ0v) is 12.8. The van der Waals surface area contributed by atoms with Crippen LogP contribution in [0.2, 0.25) is 0 Å². The van der Waals surface area contributed by atoms with Crippen molar-refractivity contribution in [3.63, 3.8) is 0 Å². The van der Waals surface area contributed by atoms with E-state index in [-0.39, 0.29) is 17.4 Å². The van der Waals surface area contributed by atoms with E-state index in [4.69, 9.17) is 0 Å². The van der Waals surface area contributed by atoms with Gasteiger partial charge >= 0.3 is 0 Å². The molecule has 1 heterocycles. The van der Waals surface area contributed by atoms with Gasteiger partial charge in [0.1, 0.15) is 0 Å². The molecule has 0 aliphatic carbocycles. The van der Waals surface area contributed by atoms with Crippen LogP contribution in [-0.4, -0.2) is 19.0 Å². The summed E-state index contributed by atoms with van der Waals surface area (Å²) in [4.78, 5) is 12.7. The second kappa shape index (κ2) is 6.40. The number of carbonyl (C=O) groups excluding carboxylic acids is 1. The molecule has 1 saturated heterocycles. The van der Waals surface area contributed by atoms with E-state index in [1.807, 2.05) is 0 Å². The molecule has 3 heteroatoms. The monoisotopic (exact) mass is 274 g/mol. The third-order valence-corrected chi connectivity index (χ3v) is 4.38. The Balaban J connectivity index is 2.04. The molecular formula is C17H26N2O. The lowest BCUT2D eigenvalue weighted by Crippen LogP contribution is -2.43. The van der Waals surface area contributed by atoms with E-state index in [1.54, 1.807) is 0 Å². The molecule has 3 nitrogen and oxygen atoms in total. The van der Waals surface area contributed by atoms with Crippen LogP contribution in [0.5, 0.6) is 0 Å². The highest BCUT2D eigenvalue weighted by Gasteiger charge is 2.40. The summed E-state index contributed by atoms with van der Waals surface area (Å²) in [5, 5.41) is 6.54. The quantitative estimate of drug-likeness (QED) is 0.866. The minimum absolute atomic E-state index is 0.0671. The van der Waals surface area contributed by atoms with E-state index in [0.29, 0.717) is 0 Å². The Morgan fingerprint density at radius 2 is 2.10 bits per heavy atom. The first kappa shape index (κ1) is 15.0. The van der Waals surface area contributed by atoms with Crippen LogP contribution in [0.4, 0.5) is 0 Å². The van der Waals surface area contributed by atoms with Crippen LogP contribution in [0, 0.1) is 12.3 Å². The maximum Gasteiger partial charge on any atom is 0.228 e. The van der Waals surface area contributed by atoms with Crippen LogP contribution in [0.15, 0.2) is 24.3 Å². The van der Waals surface area contributed by atoms with Gasteiger partial charge < -0.3 is 10.6 Å². The van der Waals surface area contributed by atoms with Crippen LogP contribution in [0.1, 0.15) is 50.3 Å². The molecule has 2 atom stereocenters. The summed E-state index contributed by atoms with van der Waals surface area (Å²) in [6.07, 6.45) is 2.97. The first-order chi connectivity index (χ1) is 9.57. The summed E-state index contributed by atoms with van der Waals surface area (Å²) in [7, 11) is 0. The number of aryl methyl sites for hydroxylation is 1. The van der Waals surface area contributed by atoms with Crippen molar-refractivity contribution < 1.29 is 4.79 Å². The lowest BCUT2D eigenvalue weighted by atomic mass is 9.81. The topological polar surface area (TPSA) is 41.1 Å². The highest BCUT2D eigenvalue weighted by atomic mass is 16.2. The van der Waals surface area contributed by atoms with Crippen molar-refractivity contribution in [2.45, 2.75) is 46.1 Å². The Morgan fingerprint density at radius 3 is 2.65 bits per heavy atom. The first-order valence-electron chi connectivity index (χ1n) is 7.66. The molecule has 0 saturated carbocycles. The van der Waals surface area contributed by atoms with Crippen LogP contribution in [-0.2, 0) is 4.79 Å². The van der Waals surface area contributed by atoms with E-state index in [2.05, 4.69) is 55.7 Å². The molecule has 1 aliphatic heterocycles. The lowest BCUT2D eigenvalue weighted by molar-refractivity contribution is -0.131. The van der Waals surface area contributed by atoms with Crippen LogP contribution in [0.25, 0.3) is 0 Å². The fourth-order valence-electron chi connectivity index (χ4n) is 3.03. The molecule has 1 aromatic carbocycles. The molecule has 0 radical (unpaired) electrons. The average molecular weight is 274 g/mol. The van der Waals surface area contributed by atoms with Crippen molar-refractivity contribution in [1.29, 1.82) is 0 Å². The van der Waals surface area contributed by atoms with Gasteiger partial charge in [0, 0.05) is 6.54 Å². The number of rotatable bonds is 5. The van der Waals surface area contributed by atoms with Crippen molar-refractivity contribution in [1.82, 2.24) is 10.6 Å². The minimum atomic E-state index is -0.201. The van der Waals surface area contributed by atoms with E-state index in [0.717, 1.165) is 32.4 Å². The molecule has 20 heavy (non-hydrogen) atoms. The highest BCUT2D eigenvalue weighted by Crippen LogP contribution is 2.32. The number of amides is 1. The number of carbonyl (C=O) groups is 1. The van der Waals surface area contributed by atoms with Gasteiger partial charge in [0.15, 0.2) is 0 Å². The molecule has 1 unspecified atom stereocenters. The third kappa shape index (κ3) is 3.21. The van der Waals surface area contributed by atoms with Gasteiger partial charge in [-0.05, 0) is 38.8 Å². The summed E-state index contributed by atoms with van der Waals surface area (Å²) in [6.45, 7) is 8.05. The lowest BCUT2D eigenvalue weighted by Gasteiger charge is -2.28. The average Bonchev–Trinajstić information content (AvgIpc) is 2.89. The minimum Gasteiger partial charge on any atom is -0.349 e. The van der Waals surface area contributed by atoms with Crippen molar-refractivity contribution in [2.75, 3.05) is 13.1 Å². The number of hydrogen-bond acceptors (Lipinski definition) is 2. The van der Waals surface area contributed by atoms with Gasteiger partial charge in [0.05, 0.1) is 11.5 Å². The van der Waals surface area contributed by atoms with E-state index in [9.17, 15) is 4.79 Å². The smallest absolute Gasteiger partial charge is 0.228 e. The normalized spacial score (nSPS) is 23.6. The maximum absolute atomic E-state index is 12.7. The van der Waals surface area contributed by atoms with Gasteiger partial charge in [-0.2, -0.15) is 0 Å². The van der Waals surface area contributed by atoms with Crippen LogP contribution < -0.4 is 10.6 Å². The van der Waals surface area contributed by atoms with E-state index >= 15 is 0 Å². The standard InChI is InChI=1S/C17H26N2O/c1-4-9-17(10-11-18-12-17)16(20)19-14(3)15-7-5-13(2)6-8-15/h5-8,14,18H,4,9-12H2,1-3H3,(H,19,20)/t14-,17?/m1/s1. The van der Waals surface area contributed by atoms with Gasteiger partial charge in [-0.15, -0.1) is 0 Å². The molecule has 1 amide bonds. The molecule has 2 N–H and O–H groups in total. The van der Waals surface area contributed by atoms with Crippen molar-refractivity contribution in [3.8, 4) is 0 Å². The Hall–Kier alpha value is -1.35. The predicted molar refractivity (Wildman–Crippen MR) is 82.6 cm³/mol. The molecule has 0 aromatic heterocycles. The number of benzene rings is 1. The van der Waals surface area contributed by atoms with Crippen molar-refractivity contribution in [2.24, 2.45) is 5.41 Å². The Morgan fingerprint density at radius 1 is 1.40 bits per heavy atom.